The van der Waals surface area contributed by atoms with Crippen molar-refractivity contribution in [3.8, 4) is 0 Å². The van der Waals surface area contributed by atoms with E-state index in [1.807, 2.05) is 0 Å². The standard InChI is InChI=1S/C24H38F4O2/c1-2-3-17-4-9-19(10-5-17)21-15-29-23(30-16-21)13-8-18-6-11-20(12-7-18)22(25)14-24(26,27)28/h14,17-21,23H,2-13,15-16H2,1H3. The number of rotatable bonds is 7. The van der Waals surface area contributed by atoms with Gasteiger partial charge in [-0.15, -0.1) is 0 Å². The molecule has 1 saturated heterocycles. The van der Waals surface area contributed by atoms with E-state index in [9.17, 15) is 17.6 Å². The van der Waals surface area contributed by atoms with Gasteiger partial charge in [0.1, 0.15) is 5.83 Å². The van der Waals surface area contributed by atoms with Crippen LogP contribution < -0.4 is 0 Å². The van der Waals surface area contributed by atoms with Gasteiger partial charge in [-0.1, -0.05) is 32.6 Å². The molecule has 0 aromatic carbocycles. The summed E-state index contributed by atoms with van der Waals surface area (Å²) in [6, 6.07) is 0. The fraction of sp³-hybridized carbons (Fsp3) is 0.917. The molecule has 0 aromatic rings. The van der Waals surface area contributed by atoms with E-state index in [4.69, 9.17) is 9.47 Å². The van der Waals surface area contributed by atoms with Crippen LogP contribution in [0.5, 0.6) is 0 Å². The van der Waals surface area contributed by atoms with Crippen LogP contribution in [0.25, 0.3) is 0 Å². The maximum atomic E-state index is 13.7. The molecule has 0 unspecified atom stereocenters. The summed E-state index contributed by atoms with van der Waals surface area (Å²) in [5.41, 5.74) is 0. The first-order chi connectivity index (χ1) is 14.3. The monoisotopic (exact) mass is 434 g/mol. The van der Waals surface area contributed by atoms with Crippen LogP contribution in [0, 0.1) is 29.6 Å². The first-order valence-corrected chi connectivity index (χ1v) is 12.0. The highest BCUT2D eigenvalue weighted by Crippen LogP contribution is 2.39. The van der Waals surface area contributed by atoms with E-state index < -0.39 is 17.9 Å². The first kappa shape index (κ1) is 24.0. The zero-order valence-corrected chi connectivity index (χ0v) is 18.3. The fourth-order valence-corrected chi connectivity index (χ4v) is 5.73. The zero-order valence-electron chi connectivity index (χ0n) is 18.3. The Kier molecular flexibility index (Phi) is 9.06. The van der Waals surface area contributed by atoms with Gasteiger partial charge in [0.05, 0.1) is 19.3 Å². The van der Waals surface area contributed by atoms with Gasteiger partial charge in [0, 0.05) is 11.8 Å². The summed E-state index contributed by atoms with van der Waals surface area (Å²) >= 11 is 0. The average Bonchev–Trinajstić information content (AvgIpc) is 2.73. The molecule has 3 rings (SSSR count). The molecule has 0 atom stereocenters. The smallest absolute Gasteiger partial charge is 0.352 e. The van der Waals surface area contributed by atoms with Crippen molar-refractivity contribution in [1.29, 1.82) is 0 Å². The van der Waals surface area contributed by atoms with E-state index in [1.54, 1.807) is 0 Å². The van der Waals surface area contributed by atoms with Crippen LogP contribution in [0.1, 0.15) is 84.0 Å². The second-order valence-electron chi connectivity index (χ2n) is 9.79. The first-order valence-electron chi connectivity index (χ1n) is 12.0. The summed E-state index contributed by atoms with van der Waals surface area (Å²) in [4.78, 5) is 0. The average molecular weight is 435 g/mol. The zero-order chi connectivity index (χ0) is 21.6. The van der Waals surface area contributed by atoms with Crippen molar-refractivity contribution in [3.63, 3.8) is 0 Å². The molecule has 1 heterocycles. The number of halogens is 4. The van der Waals surface area contributed by atoms with Gasteiger partial charge in [-0.05, 0) is 69.1 Å². The molecule has 6 heteroatoms. The summed E-state index contributed by atoms with van der Waals surface area (Å²) in [6.07, 6.45) is 7.37. The molecule has 0 bridgehead atoms. The van der Waals surface area contributed by atoms with Crippen LogP contribution >= 0.6 is 0 Å². The van der Waals surface area contributed by atoms with E-state index in [2.05, 4.69) is 6.92 Å². The molecule has 1 aliphatic heterocycles. The van der Waals surface area contributed by atoms with Crippen molar-refractivity contribution < 1.29 is 27.0 Å². The lowest BCUT2D eigenvalue weighted by Gasteiger charge is -2.38. The van der Waals surface area contributed by atoms with Crippen molar-refractivity contribution in [2.45, 2.75) is 96.4 Å². The largest absolute Gasteiger partial charge is 0.412 e. The molecule has 0 radical (unpaired) electrons. The molecule has 0 N–H and O–H groups in total. The van der Waals surface area contributed by atoms with E-state index in [0.717, 1.165) is 50.7 Å². The molecule has 2 saturated carbocycles. The fourth-order valence-electron chi connectivity index (χ4n) is 5.73. The van der Waals surface area contributed by atoms with E-state index in [-0.39, 0.29) is 12.4 Å². The lowest BCUT2D eigenvalue weighted by molar-refractivity contribution is -0.213. The lowest BCUT2D eigenvalue weighted by atomic mass is 9.75. The predicted molar refractivity (Wildman–Crippen MR) is 109 cm³/mol. The molecule has 2 aliphatic carbocycles. The van der Waals surface area contributed by atoms with Crippen LogP contribution in [0.3, 0.4) is 0 Å². The molecule has 3 fully saturated rings. The lowest BCUT2D eigenvalue weighted by Crippen LogP contribution is -2.37. The Morgan fingerprint density at radius 1 is 0.800 bits per heavy atom. The molecule has 0 spiro atoms. The molecule has 3 aliphatic rings. The van der Waals surface area contributed by atoms with Crippen molar-refractivity contribution >= 4 is 0 Å². The predicted octanol–water partition coefficient (Wildman–Crippen LogP) is 7.58. The molecule has 2 nitrogen and oxygen atoms in total. The van der Waals surface area contributed by atoms with Crippen molar-refractivity contribution in [2.24, 2.45) is 29.6 Å². The van der Waals surface area contributed by atoms with Crippen molar-refractivity contribution in [2.75, 3.05) is 13.2 Å². The molecular formula is C24H38F4O2. The third-order valence-electron chi connectivity index (χ3n) is 7.60. The Hall–Kier alpha value is -0.620. The van der Waals surface area contributed by atoms with E-state index in [1.165, 1.54) is 38.5 Å². The van der Waals surface area contributed by atoms with Gasteiger partial charge >= 0.3 is 6.18 Å². The summed E-state index contributed by atoms with van der Waals surface area (Å²) in [6.45, 7) is 3.84. The van der Waals surface area contributed by atoms with Gasteiger partial charge in [0.25, 0.3) is 0 Å². The van der Waals surface area contributed by atoms with Gasteiger partial charge in [0.15, 0.2) is 6.29 Å². The van der Waals surface area contributed by atoms with Gasteiger partial charge in [-0.2, -0.15) is 13.2 Å². The number of alkyl halides is 3. The maximum Gasteiger partial charge on any atom is 0.412 e. The number of ether oxygens (including phenoxy) is 2. The third-order valence-corrected chi connectivity index (χ3v) is 7.60. The minimum absolute atomic E-state index is 0.155. The highest BCUT2D eigenvalue weighted by atomic mass is 19.4. The van der Waals surface area contributed by atoms with Crippen LogP contribution in [0.4, 0.5) is 17.6 Å². The molecule has 0 amide bonds. The third kappa shape index (κ3) is 7.51. The van der Waals surface area contributed by atoms with Crippen LogP contribution in [0.15, 0.2) is 11.9 Å². The van der Waals surface area contributed by atoms with Crippen LogP contribution in [-0.2, 0) is 9.47 Å². The molecule has 30 heavy (non-hydrogen) atoms. The summed E-state index contributed by atoms with van der Waals surface area (Å²) < 4.78 is 62.7. The number of allylic oxidation sites excluding steroid dienone is 2. The van der Waals surface area contributed by atoms with Crippen molar-refractivity contribution in [3.05, 3.63) is 11.9 Å². The maximum absolute atomic E-state index is 13.7. The molecular weight excluding hydrogens is 396 g/mol. The van der Waals surface area contributed by atoms with Gasteiger partial charge in [-0.25, -0.2) is 4.39 Å². The Balaban J connectivity index is 1.30. The van der Waals surface area contributed by atoms with E-state index in [0.29, 0.717) is 24.7 Å². The van der Waals surface area contributed by atoms with Crippen LogP contribution in [0.2, 0.25) is 0 Å². The van der Waals surface area contributed by atoms with Gasteiger partial charge in [-0.3, -0.25) is 0 Å². The van der Waals surface area contributed by atoms with Crippen molar-refractivity contribution in [1.82, 2.24) is 0 Å². The number of hydrogen-bond donors (Lipinski definition) is 0. The SMILES string of the molecule is CCCC1CCC(C2COC(CCC3CCC(C(F)=CC(F)(F)F)CC3)OC2)CC1. The van der Waals surface area contributed by atoms with Gasteiger partial charge < -0.3 is 9.47 Å². The van der Waals surface area contributed by atoms with Crippen LogP contribution in [-0.4, -0.2) is 25.7 Å². The minimum Gasteiger partial charge on any atom is -0.352 e. The Labute approximate surface area is 178 Å². The summed E-state index contributed by atoms with van der Waals surface area (Å²) in [7, 11) is 0. The number of hydrogen-bond acceptors (Lipinski definition) is 2. The summed E-state index contributed by atoms with van der Waals surface area (Å²) in [5.74, 6) is 1.01. The molecule has 0 aromatic heterocycles. The van der Waals surface area contributed by atoms with Gasteiger partial charge in [0.2, 0.25) is 0 Å². The minimum atomic E-state index is -4.57. The highest BCUT2D eigenvalue weighted by Gasteiger charge is 2.33. The second-order valence-corrected chi connectivity index (χ2v) is 9.79. The normalized spacial score (nSPS) is 36.6. The Morgan fingerprint density at radius 2 is 1.37 bits per heavy atom. The Morgan fingerprint density at radius 3 is 1.93 bits per heavy atom. The van der Waals surface area contributed by atoms with E-state index >= 15 is 0 Å². The molecule has 174 valence electrons. The second kappa shape index (κ2) is 11.3. The quantitative estimate of drug-likeness (QED) is 0.384. The Bertz CT molecular complexity index is 524. The topological polar surface area (TPSA) is 18.5 Å². The highest BCUT2D eigenvalue weighted by molar-refractivity contribution is 5.03. The summed E-state index contributed by atoms with van der Waals surface area (Å²) in [5, 5.41) is 0.